The first-order chi connectivity index (χ1) is 12.5. The molecule has 0 bridgehead atoms. The molecule has 0 radical (unpaired) electrons. The molecule has 26 heavy (non-hydrogen) atoms. The van der Waals surface area contributed by atoms with Crippen LogP contribution in [-0.2, 0) is 27.3 Å². The second-order valence-electron chi connectivity index (χ2n) is 6.28. The van der Waals surface area contributed by atoms with Crippen LogP contribution < -0.4 is 0 Å². The molecule has 0 aliphatic carbocycles. The summed E-state index contributed by atoms with van der Waals surface area (Å²) in [5, 5.41) is 9.60. The molecule has 1 aromatic carbocycles. The molecule has 0 unspecified atom stereocenters. The number of hydrogen-bond donors (Lipinski definition) is 1. The zero-order valence-electron chi connectivity index (χ0n) is 15.3. The van der Waals surface area contributed by atoms with E-state index in [1.165, 1.54) is 4.90 Å². The van der Waals surface area contributed by atoms with E-state index in [4.69, 9.17) is 4.74 Å². The van der Waals surface area contributed by atoms with E-state index in [0.29, 0.717) is 13.2 Å². The van der Waals surface area contributed by atoms with Gasteiger partial charge in [0.1, 0.15) is 6.04 Å². The van der Waals surface area contributed by atoms with Gasteiger partial charge in [-0.05, 0) is 24.5 Å². The smallest absolute Gasteiger partial charge is 0.326 e. The molecule has 1 atom stereocenters. The lowest BCUT2D eigenvalue weighted by Gasteiger charge is -2.37. The van der Waals surface area contributed by atoms with Crippen LogP contribution in [0, 0.1) is 0 Å². The fraction of sp³-hybridized carbons (Fsp3) is 0.526. The molecule has 0 saturated carbocycles. The second kappa shape index (κ2) is 9.22. The van der Waals surface area contributed by atoms with Crippen LogP contribution in [-0.4, -0.2) is 58.6 Å². The molecule has 142 valence electrons. The van der Waals surface area contributed by atoms with Gasteiger partial charge in [-0.15, -0.1) is 0 Å². The number of carbonyl (C=O) groups is 3. The van der Waals surface area contributed by atoms with Crippen LogP contribution >= 0.6 is 0 Å². The van der Waals surface area contributed by atoms with Crippen molar-refractivity contribution in [2.24, 2.45) is 0 Å². The van der Waals surface area contributed by atoms with E-state index in [0.717, 1.165) is 17.5 Å². The summed E-state index contributed by atoms with van der Waals surface area (Å²) in [4.78, 5) is 39.3. The van der Waals surface area contributed by atoms with Crippen molar-refractivity contribution in [2.75, 3.05) is 19.7 Å². The number of benzene rings is 1. The summed E-state index contributed by atoms with van der Waals surface area (Å²) in [5.74, 6) is -1.38. The summed E-state index contributed by atoms with van der Waals surface area (Å²) in [6.45, 7) is 4.90. The lowest BCUT2D eigenvalue weighted by atomic mass is 9.94. The summed E-state index contributed by atoms with van der Waals surface area (Å²) in [7, 11) is 0. The fourth-order valence-corrected chi connectivity index (χ4v) is 3.16. The third kappa shape index (κ3) is 4.74. The lowest BCUT2D eigenvalue weighted by Crippen LogP contribution is -2.53. The highest BCUT2D eigenvalue weighted by atomic mass is 16.5. The Morgan fingerprint density at radius 2 is 1.88 bits per heavy atom. The van der Waals surface area contributed by atoms with E-state index in [1.807, 2.05) is 31.2 Å². The van der Waals surface area contributed by atoms with Gasteiger partial charge in [0.05, 0.1) is 13.0 Å². The Morgan fingerprint density at radius 1 is 1.19 bits per heavy atom. The molecule has 0 aromatic heterocycles. The average molecular weight is 362 g/mol. The van der Waals surface area contributed by atoms with Gasteiger partial charge in [0.2, 0.25) is 0 Å². The summed E-state index contributed by atoms with van der Waals surface area (Å²) in [5.41, 5.74) is 1.91. The highest BCUT2D eigenvalue weighted by Crippen LogP contribution is 2.24. The third-order valence-electron chi connectivity index (χ3n) is 4.43. The number of carbonyl (C=O) groups excluding carboxylic acids is 2. The molecule has 2 rings (SSSR count). The first-order valence-electron chi connectivity index (χ1n) is 8.98. The topological polar surface area (TPSA) is 87.2 Å². The largest absolute Gasteiger partial charge is 0.480 e. The van der Waals surface area contributed by atoms with Crippen LogP contribution in [0.15, 0.2) is 24.3 Å². The van der Waals surface area contributed by atoms with Crippen LogP contribution in [0.4, 0.5) is 4.79 Å². The number of rotatable bonds is 7. The first-order valence-corrected chi connectivity index (χ1v) is 8.98. The molecule has 0 fully saturated rings. The van der Waals surface area contributed by atoms with Crippen LogP contribution in [0.5, 0.6) is 0 Å². The molecular weight excluding hydrogens is 336 g/mol. The van der Waals surface area contributed by atoms with E-state index in [2.05, 4.69) is 0 Å². The summed E-state index contributed by atoms with van der Waals surface area (Å²) in [6.07, 6.45) is 1.10. The molecule has 7 nitrogen and oxygen atoms in total. The number of fused-ring (bicyclic) bond motifs is 1. The van der Waals surface area contributed by atoms with Crippen molar-refractivity contribution >= 4 is 18.0 Å². The number of urea groups is 1. The van der Waals surface area contributed by atoms with E-state index in [1.54, 1.807) is 11.8 Å². The minimum Gasteiger partial charge on any atom is -0.480 e. The molecule has 2 amide bonds. The van der Waals surface area contributed by atoms with Crippen molar-refractivity contribution in [3.63, 3.8) is 0 Å². The number of nitrogens with zero attached hydrogens (tertiary/aromatic N) is 2. The Labute approximate surface area is 153 Å². The summed E-state index contributed by atoms with van der Waals surface area (Å²) < 4.78 is 4.92. The number of ether oxygens (including phenoxy) is 1. The van der Waals surface area contributed by atoms with Crippen molar-refractivity contribution < 1.29 is 24.2 Å². The lowest BCUT2D eigenvalue weighted by molar-refractivity contribution is -0.144. The van der Waals surface area contributed by atoms with Crippen molar-refractivity contribution in [1.82, 2.24) is 9.80 Å². The minimum absolute atomic E-state index is 0.0990. The monoisotopic (exact) mass is 362 g/mol. The number of aliphatic carboxylic acids is 1. The molecule has 1 aliphatic rings. The quantitative estimate of drug-likeness (QED) is 0.752. The predicted octanol–water partition coefficient (Wildman–Crippen LogP) is 2.28. The average Bonchev–Trinajstić information content (AvgIpc) is 2.63. The highest BCUT2D eigenvalue weighted by Gasteiger charge is 2.36. The Morgan fingerprint density at radius 3 is 2.50 bits per heavy atom. The number of hydrogen-bond acceptors (Lipinski definition) is 4. The Bertz CT molecular complexity index is 661. The number of esters is 1. The minimum atomic E-state index is -1.02. The number of amides is 2. The zero-order valence-corrected chi connectivity index (χ0v) is 15.3. The molecule has 0 saturated heterocycles. The summed E-state index contributed by atoms with van der Waals surface area (Å²) in [6, 6.07) is 6.32. The molecule has 1 N–H and O–H groups in total. The third-order valence-corrected chi connectivity index (χ3v) is 4.43. The SMILES string of the molecule is CCCN(CCC(=O)OCC)C(=O)N1Cc2ccccc2C[C@H]1C(=O)O. The van der Waals surface area contributed by atoms with Crippen molar-refractivity contribution in [3.8, 4) is 0 Å². The molecule has 1 aliphatic heterocycles. The van der Waals surface area contributed by atoms with E-state index >= 15 is 0 Å². The van der Waals surface area contributed by atoms with Gasteiger partial charge in [0, 0.05) is 26.1 Å². The van der Waals surface area contributed by atoms with Gasteiger partial charge in [-0.2, -0.15) is 0 Å². The van der Waals surface area contributed by atoms with Crippen molar-refractivity contribution in [2.45, 2.75) is 45.7 Å². The van der Waals surface area contributed by atoms with E-state index in [-0.39, 0.29) is 37.9 Å². The first kappa shape index (κ1) is 19.8. The fourth-order valence-electron chi connectivity index (χ4n) is 3.16. The number of carboxylic acid groups (broad SMARTS) is 1. The molecule has 1 heterocycles. The van der Waals surface area contributed by atoms with E-state index in [9.17, 15) is 19.5 Å². The van der Waals surface area contributed by atoms with Crippen LogP contribution in [0.25, 0.3) is 0 Å². The van der Waals surface area contributed by atoms with Gasteiger partial charge in [0.25, 0.3) is 0 Å². The normalized spacial score (nSPS) is 15.9. The molecule has 1 aromatic rings. The standard InChI is InChI=1S/C19H26N2O5/c1-3-10-20(11-9-17(22)26-4-2)19(25)21-13-15-8-6-5-7-14(15)12-16(21)18(23)24/h5-8,16H,3-4,9-13H2,1-2H3,(H,23,24)/t16-/m0/s1. The molecule has 7 heteroatoms. The zero-order chi connectivity index (χ0) is 19.1. The number of carboxylic acids is 1. The maximum absolute atomic E-state index is 13.0. The van der Waals surface area contributed by atoms with E-state index < -0.39 is 12.0 Å². The van der Waals surface area contributed by atoms with Gasteiger partial charge < -0.3 is 19.6 Å². The van der Waals surface area contributed by atoms with Gasteiger partial charge in [-0.25, -0.2) is 9.59 Å². The van der Waals surface area contributed by atoms with Gasteiger partial charge >= 0.3 is 18.0 Å². The van der Waals surface area contributed by atoms with Gasteiger partial charge in [-0.1, -0.05) is 31.2 Å². The van der Waals surface area contributed by atoms with Crippen molar-refractivity contribution in [1.29, 1.82) is 0 Å². The Kier molecular flexibility index (Phi) is 7.00. The Hall–Kier alpha value is -2.57. The summed E-state index contributed by atoms with van der Waals surface area (Å²) >= 11 is 0. The highest BCUT2D eigenvalue weighted by molar-refractivity contribution is 5.84. The van der Waals surface area contributed by atoms with Crippen LogP contribution in [0.2, 0.25) is 0 Å². The predicted molar refractivity (Wildman–Crippen MR) is 95.6 cm³/mol. The van der Waals surface area contributed by atoms with Crippen LogP contribution in [0.3, 0.4) is 0 Å². The Balaban J connectivity index is 2.16. The van der Waals surface area contributed by atoms with Crippen LogP contribution in [0.1, 0.15) is 37.8 Å². The van der Waals surface area contributed by atoms with Crippen molar-refractivity contribution in [3.05, 3.63) is 35.4 Å². The molecule has 0 spiro atoms. The maximum atomic E-state index is 13.0. The second-order valence-corrected chi connectivity index (χ2v) is 6.28. The van der Waals surface area contributed by atoms with Gasteiger partial charge in [-0.3, -0.25) is 4.79 Å². The molecular formula is C19H26N2O5. The maximum Gasteiger partial charge on any atom is 0.326 e. The van der Waals surface area contributed by atoms with Gasteiger partial charge in [0.15, 0.2) is 0 Å².